The molecule has 4 heterocycles. The van der Waals surface area contributed by atoms with Crippen LogP contribution in [0.2, 0.25) is 0 Å². The van der Waals surface area contributed by atoms with Crippen LogP contribution in [0, 0.1) is 6.92 Å². The molecule has 6 rings (SSSR count). The molecule has 8 nitrogen and oxygen atoms in total. The maximum Gasteiger partial charge on any atom is 0.267 e. The molecular formula is C27H19N7OS. The summed E-state index contributed by atoms with van der Waals surface area (Å²) in [5, 5.41) is 17.0. The van der Waals surface area contributed by atoms with Gasteiger partial charge in [-0.25, -0.2) is 4.98 Å². The number of thiazole rings is 1. The fraction of sp³-hybridized carbons (Fsp3) is 0.0370. The number of pyridine rings is 1. The van der Waals surface area contributed by atoms with Crippen LogP contribution in [0.5, 0.6) is 0 Å². The van der Waals surface area contributed by atoms with E-state index in [9.17, 15) is 4.79 Å². The number of hydrogen-bond donors (Lipinski definition) is 1. The highest BCUT2D eigenvalue weighted by Crippen LogP contribution is 2.29. The molecule has 1 amide bonds. The van der Waals surface area contributed by atoms with Gasteiger partial charge < -0.3 is 5.32 Å². The number of aromatic nitrogens is 6. The third kappa shape index (κ3) is 4.12. The summed E-state index contributed by atoms with van der Waals surface area (Å²) < 4.78 is 1.68. The number of amides is 1. The van der Waals surface area contributed by atoms with E-state index in [0.29, 0.717) is 33.4 Å². The number of aryl methyl sites for hydroxylation is 1. The molecule has 0 bridgehead atoms. The highest BCUT2D eigenvalue weighted by atomic mass is 32.1. The first-order valence-corrected chi connectivity index (χ1v) is 12.1. The minimum atomic E-state index is -0.177. The molecule has 9 heteroatoms. The normalized spacial score (nSPS) is 11.0. The maximum atomic E-state index is 12.9. The molecule has 4 aromatic heterocycles. The molecule has 0 aliphatic rings. The Hall–Kier alpha value is -4.76. The first kappa shape index (κ1) is 21.8. The fourth-order valence-electron chi connectivity index (χ4n) is 3.82. The highest BCUT2D eigenvalue weighted by molar-refractivity contribution is 7.17. The number of nitrogens with one attached hydrogen (secondary N) is 1. The quantitative estimate of drug-likeness (QED) is 0.342. The van der Waals surface area contributed by atoms with E-state index >= 15 is 0 Å². The topological polar surface area (TPSA) is 98.0 Å². The van der Waals surface area contributed by atoms with E-state index in [-0.39, 0.29) is 5.91 Å². The standard InChI is InChI=1S/C27H19N7OS/c1-17-24(36-27(29-17)19-7-3-2-4-8-19)26(35)30-20-12-10-18(11-13-20)21-14-15-23-31-32-25(34(23)33-21)22-9-5-6-16-28-22/h2-16H,1H3,(H,30,35). The molecule has 6 aromatic rings. The predicted octanol–water partition coefficient (Wildman–Crippen LogP) is 5.54. The zero-order valence-corrected chi connectivity index (χ0v) is 20.0. The SMILES string of the molecule is Cc1nc(-c2ccccc2)sc1C(=O)Nc1ccc(-c2ccc3nnc(-c4ccccn4)n3n2)cc1. The van der Waals surface area contributed by atoms with Crippen LogP contribution in [-0.2, 0) is 0 Å². The van der Waals surface area contributed by atoms with Gasteiger partial charge in [0.15, 0.2) is 5.65 Å². The van der Waals surface area contributed by atoms with Crippen LogP contribution in [0.3, 0.4) is 0 Å². The van der Waals surface area contributed by atoms with Gasteiger partial charge in [-0.05, 0) is 43.3 Å². The lowest BCUT2D eigenvalue weighted by Gasteiger charge is -2.06. The summed E-state index contributed by atoms with van der Waals surface area (Å²) in [4.78, 5) is 22.5. The third-order valence-electron chi connectivity index (χ3n) is 5.62. The van der Waals surface area contributed by atoms with E-state index < -0.39 is 0 Å². The molecule has 36 heavy (non-hydrogen) atoms. The van der Waals surface area contributed by atoms with E-state index in [1.807, 2.05) is 91.9 Å². The van der Waals surface area contributed by atoms with Gasteiger partial charge in [-0.2, -0.15) is 9.61 Å². The Morgan fingerprint density at radius 2 is 1.64 bits per heavy atom. The second-order valence-corrected chi connectivity index (χ2v) is 9.06. The molecule has 174 valence electrons. The number of carbonyl (C=O) groups excluding carboxylic acids is 1. The molecule has 0 spiro atoms. The van der Waals surface area contributed by atoms with Crippen LogP contribution < -0.4 is 5.32 Å². The number of carbonyl (C=O) groups is 1. The number of nitrogens with zero attached hydrogens (tertiary/aromatic N) is 6. The summed E-state index contributed by atoms with van der Waals surface area (Å²) in [5.41, 5.74) is 5.39. The third-order valence-corrected chi connectivity index (χ3v) is 6.82. The van der Waals surface area contributed by atoms with E-state index in [1.165, 1.54) is 11.3 Å². The van der Waals surface area contributed by atoms with E-state index in [1.54, 1.807) is 10.7 Å². The average molecular weight is 490 g/mol. The van der Waals surface area contributed by atoms with Gasteiger partial charge >= 0.3 is 0 Å². The lowest BCUT2D eigenvalue weighted by molar-refractivity contribution is 0.103. The van der Waals surface area contributed by atoms with Crippen molar-refractivity contribution in [3.8, 4) is 33.3 Å². The van der Waals surface area contributed by atoms with Crippen LogP contribution in [0.15, 0.2) is 91.1 Å². The number of rotatable bonds is 5. The van der Waals surface area contributed by atoms with E-state index in [0.717, 1.165) is 21.8 Å². The molecule has 0 unspecified atom stereocenters. The van der Waals surface area contributed by atoms with Gasteiger partial charge in [0.2, 0.25) is 5.82 Å². The van der Waals surface area contributed by atoms with Gasteiger partial charge in [-0.15, -0.1) is 21.5 Å². The lowest BCUT2D eigenvalue weighted by Crippen LogP contribution is -2.11. The Labute approximate surface area is 210 Å². The van der Waals surface area contributed by atoms with Crippen molar-refractivity contribution in [3.05, 3.63) is 102 Å². The van der Waals surface area contributed by atoms with Crippen molar-refractivity contribution in [2.75, 3.05) is 5.32 Å². The summed E-state index contributed by atoms with van der Waals surface area (Å²) in [5.74, 6) is 0.398. The van der Waals surface area contributed by atoms with Crippen molar-refractivity contribution in [1.82, 2.24) is 29.8 Å². The van der Waals surface area contributed by atoms with Gasteiger partial charge in [-0.1, -0.05) is 48.5 Å². The van der Waals surface area contributed by atoms with Gasteiger partial charge in [0.1, 0.15) is 15.6 Å². The summed E-state index contributed by atoms with van der Waals surface area (Å²) in [6.45, 7) is 1.85. The van der Waals surface area contributed by atoms with Crippen molar-refractivity contribution in [2.24, 2.45) is 0 Å². The Kier molecular flexibility index (Phi) is 5.51. The van der Waals surface area contributed by atoms with Crippen molar-refractivity contribution < 1.29 is 4.79 Å². The molecule has 1 N–H and O–H groups in total. The average Bonchev–Trinajstić information content (AvgIpc) is 3.53. The number of fused-ring (bicyclic) bond motifs is 1. The van der Waals surface area contributed by atoms with Crippen LogP contribution in [0.4, 0.5) is 5.69 Å². The van der Waals surface area contributed by atoms with Crippen LogP contribution >= 0.6 is 11.3 Å². The Morgan fingerprint density at radius 3 is 2.42 bits per heavy atom. The highest BCUT2D eigenvalue weighted by Gasteiger charge is 2.17. The van der Waals surface area contributed by atoms with Gasteiger partial charge in [0.25, 0.3) is 5.91 Å². The molecule has 0 aliphatic carbocycles. The first-order valence-electron chi connectivity index (χ1n) is 11.2. The predicted molar refractivity (Wildman–Crippen MR) is 140 cm³/mol. The number of benzene rings is 2. The van der Waals surface area contributed by atoms with E-state index in [4.69, 9.17) is 5.10 Å². The zero-order valence-electron chi connectivity index (χ0n) is 19.2. The first-order chi connectivity index (χ1) is 17.7. The number of hydrogen-bond acceptors (Lipinski definition) is 7. The van der Waals surface area contributed by atoms with Crippen LogP contribution in [0.1, 0.15) is 15.4 Å². The molecule has 0 aliphatic heterocycles. The van der Waals surface area contributed by atoms with Crippen LogP contribution in [-0.4, -0.2) is 35.7 Å². The minimum Gasteiger partial charge on any atom is -0.321 e. The van der Waals surface area contributed by atoms with Gasteiger partial charge in [0, 0.05) is 23.0 Å². The summed E-state index contributed by atoms with van der Waals surface area (Å²) in [6, 6.07) is 26.8. The van der Waals surface area contributed by atoms with Crippen molar-refractivity contribution in [3.63, 3.8) is 0 Å². The summed E-state index contributed by atoms with van der Waals surface area (Å²) >= 11 is 1.39. The van der Waals surface area contributed by atoms with Gasteiger partial charge in [0.05, 0.1) is 11.4 Å². The monoisotopic (exact) mass is 489 g/mol. The molecular weight excluding hydrogens is 470 g/mol. The second-order valence-electron chi connectivity index (χ2n) is 8.06. The minimum absolute atomic E-state index is 0.177. The molecule has 0 radical (unpaired) electrons. The smallest absolute Gasteiger partial charge is 0.267 e. The zero-order chi connectivity index (χ0) is 24.5. The Bertz CT molecular complexity index is 1680. The fourth-order valence-corrected chi connectivity index (χ4v) is 4.79. The largest absolute Gasteiger partial charge is 0.321 e. The van der Waals surface area contributed by atoms with Crippen molar-refractivity contribution in [1.29, 1.82) is 0 Å². The number of anilines is 1. The molecule has 0 fully saturated rings. The molecule has 0 atom stereocenters. The van der Waals surface area contributed by atoms with Crippen LogP contribution in [0.25, 0.3) is 39.0 Å². The Morgan fingerprint density at radius 1 is 0.833 bits per heavy atom. The molecule has 0 saturated carbocycles. The van der Waals surface area contributed by atoms with Gasteiger partial charge in [-0.3, -0.25) is 9.78 Å². The molecule has 2 aromatic carbocycles. The summed E-state index contributed by atoms with van der Waals surface area (Å²) in [7, 11) is 0. The summed E-state index contributed by atoms with van der Waals surface area (Å²) in [6.07, 6.45) is 1.71. The van der Waals surface area contributed by atoms with Crippen molar-refractivity contribution in [2.45, 2.75) is 6.92 Å². The molecule has 0 saturated heterocycles. The van der Waals surface area contributed by atoms with Crippen molar-refractivity contribution >= 4 is 28.6 Å². The van der Waals surface area contributed by atoms with E-state index in [2.05, 4.69) is 25.5 Å². The maximum absolute atomic E-state index is 12.9. The lowest BCUT2D eigenvalue weighted by atomic mass is 10.1. The second kappa shape index (κ2) is 9.12. The Balaban J connectivity index is 1.23.